The number of aryl methyl sites for hydroxylation is 2. The third-order valence-electron chi connectivity index (χ3n) is 4.77. The summed E-state index contributed by atoms with van der Waals surface area (Å²) in [5.41, 5.74) is 3.32. The van der Waals surface area contributed by atoms with Crippen LogP contribution < -0.4 is 15.2 Å². The molecule has 3 aromatic carbocycles. The molecule has 0 atom stereocenters. The molecule has 4 rings (SSSR count). The van der Waals surface area contributed by atoms with E-state index in [2.05, 4.69) is 10.4 Å². The smallest absolute Gasteiger partial charge is 0.368 e. The summed E-state index contributed by atoms with van der Waals surface area (Å²) in [6, 6.07) is 23.2. The van der Waals surface area contributed by atoms with Gasteiger partial charge in [0.15, 0.2) is 0 Å². The number of nitrogens with zero attached hydrogens (tertiary/aromatic N) is 4. The van der Waals surface area contributed by atoms with Crippen molar-refractivity contribution < 1.29 is 9.47 Å². The third-order valence-corrected chi connectivity index (χ3v) is 4.77. The predicted octanol–water partition coefficient (Wildman–Crippen LogP) is 3.43. The van der Waals surface area contributed by atoms with Crippen molar-refractivity contribution in [3.05, 3.63) is 100.0 Å². The van der Waals surface area contributed by atoms with Gasteiger partial charge in [-0.25, -0.2) is 4.79 Å². The Kier molecular flexibility index (Phi) is 5.61. The van der Waals surface area contributed by atoms with Crippen LogP contribution in [0.3, 0.4) is 0 Å². The first-order chi connectivity index (χ1) is 14.6. The van der Waals surface area contributed by atoms with Gasteiger partial charge in [0.2, 0.25) is 0 Å². The van der Waals surface area contributed by atoms with Crippen LogP contribution in [0.15, 0.2) is 77.6 Å². The largest absolute Gasteiger partial charge is 0.489 e. The minimum Gasteiger partial charge on any atom is -0.489 e. The zero-order valence-corrected chi connectivity index (χ0v) is 16.9. The minimum absolute atomic E-state index is 0.285. The molecule has 0 N–H and O–H groups in total. The predicted molar refractivity (Wildman–Crippen MR) is 113 cm³/mol. The summed E-state index contributed by atoms with van der Waals surface area (Å²) >= 11 is 0. The highest BCUT2D eigenvalue weighted by Gasteiger charge is 2.13. The zero-order chi connectivity index (χ0) is 20.9. The summed E-state index contributed by atoms with van der Waals surface area (Å²) in [5.74, 6) is 1.41. The van der Waals surface area contributed by atoms with Crippen molar-refractivity contribution in [2.24, 2.45) is 7.05 Å². The Balaban J connectivity index is 1.50. The van der Waals surface area contributed by atoms with Gasteiger partial charge in [0.05, 0.1) is 5.69 Å². The summed E-state index contributed by atoms with van der Waals surface area (Å²) in [4.78, 5) is 12.3. The molecule has 0 spiro atoms. The Labute approximate surface area is 174 Å². The summed E-state index contributed by atoms with van der Waals surface area (Å²) in [7, 11) is 1.57. The second kappa shape index (κ2) is 8.65. The van der Waals surface area contributed by atoms with Crippen molar-refractivity contribution in [3.8, 4) is 17.2 Å². The summed E-state index contributed by atoms with van der Waals surface area (Å²) < 4.78 is 14.4. The Morgan fingerprint density at radius 3 is 2.23 bits per heavy atom. The van der Waals surface area contributed by atoms with E-state index in [1.165, 1.54) is 9.36 Å². The first-order valence-electron chi connectivity index (χ1n) is 9.59. The van der Waals surface area contributed by atoms with Crippen molar-refractivity contribution in [2.45, 2.75) is 20.1 Å². The fraction of sp³-hybridized carbons (Fsp3) is 0.174. The van der Waals surface area contributed by atoms with E-state index in [1.54, 1.807) is 7.05 Å². The molecule has 152 valence electrons. The van der Waals surface area contributed by atoms with E-state index in [-0.39, 0.29) is 12.3 Å². The number of hydrogen-bond donors (Lipinski definition) is 0. The van der Waals surface area contributed by atoms with Gasteiger partial charge in [-0.1, -0.05) is 48.5 Å². The molecule has 7 heteroatoms. The molecule has 0 aliphatic heterocycles. The van der Waals surface area contributed by atoms with Crippen LogP contribution in [0, 0.1) is 6.92 Å². The molecule has 0 bridgehead atoms. The molecule has 0 radical (unpaired) electrons. The minimum atomic E-state index is -0.307. The van der Waals surface area contributed by atoms with Gasteiger partial charge in [-0.3, -0.25) is 0 Å². The Bertz CT molecular complexity index is 1200. The number of ether oxygens (including phenoxy) is 2. The van der Waals surface area contributed by atoms with E-state index in [0.29, 0.717) is 18.0 Å². The first-order valence-corrected chi connectivity index (χ1v) is 9.59. The van der Waals surface area contributed by atoms with Gasteiger partial charge in [-0.15, -0.1) is 0 Å². The van der Waals surface area contributed by atoms with Gasteiger partial charge >= 0.3 is 5.69 Å². The normalized spacial score (nSPS) is 10.7. The van der Waals surface area contributed by atoms with Crippen molar-refractivity contribution >= 4 is 0 Å². The van der Waals surface area contributed by atoms with Crippen molar-refractivity contribution in [3.63, 3.8) is 0 Å². The van der Waals surface area contributed by atoms with Crippen LogP contribution in [0.5, 0.6) is 11.5 Å². The molecule has 0 fully saturated rings. The maximum Gasteiger partial charge on any atom is 0.368 e. The lowest BCUT2D eigenvalue weighted by Gasteiger charge is -2.14. The van der Waals surface area contributed by atoms with Crippen LogP contribution in [-0.4, -0.2) is 19.8 Å². The quantitative estimate of drug-likeness (QED) is 0.474. The lowest BCUT2D eigenvalue weighted by atomic mass is 10.1. The fourth-order valence-corrected chi connectivity index (χ4v) is 3.09. The monoisotopic (exact) mass is 402 g/mol. The van der Waals surface area contributed by atoms with Crippen LogP contribution >= 0.6 is 0 Å². The van der Waals surface area contributed by atoms with E-state index >= 15 is 0 Å². The van der Waals surface area contributed by atoms with Crippen molar-refractivity contribution in [1.82, 2.24) is 19.8 Å². The van der Waals surface area contributed by atoms with Crippen LogP contribution in [0.4, 0.5) is 0 Å². The first kappa shape index (κ1) is 19.4. The van der Waals surface area contributed by atoms with Gasteiger partial charge in [0.1, 0.15) is 24.7 Å². The van der Waals surface area contributed by atoms with Crippen LogP contribution in [0.1, 0.15) is 16.7 Å². The Morgan fingerprint density at radius 2 is 1.53 bits per heavy atom. The Morgan fingerprint density at radius 1 is 0.833 bits per heavy atom. The average Bonchev–Trinajstić information content (AvgIpc) is 3.10. The highest BCUT2D eigenvalue weighted by molar-refractivity contribution is 5.45. The zero-order valence-electron chi connectivity index (χ0n) is 16.9. The Hall–Kier alpha value is -3.87. The molecule has 30 heavy (non-hydrogen) atoms. The molecule has 0 aliphatic rings. The van der Waals surface area contributed by atoms with Crippen LogP contribution in [-0.2, 0) is 20.3 Å². The number of aromatic nitrogens is 4. The molecule has 0 saturated carbocycles. The highest BCUT2D eigenvalue weighted by atomic mass is 16.5. The van der Waals surface area contributed by atoms with E-state index in [4.69, 9.17) is 9.47 Å². The second-order valence-corrected chi connectivity index (χ2v) is 6.91. The molecule has 0 amide bonds. The van der Waals surface area contributed by atoms with E-state index in [9.17, 15) is 4.79 Å². The highest BCUT2D eigenvalue weighted by Crippen LogP contribution is 2.24. The van der Waals surface area contributed by atoms with Gasteiger partial charge < -0.3 is 9.47 Å². The van der Waals surface area contributed by atoms with Gasteiger partial charge in [-0.05, 0) is 46.7 Å². The molecular formula is C23H22N4O3. The van der Waals surface area contributed by atoms with Gasteiger partial charge in [0, 0.05) is 18.7 Å². The molecule has 7 nitrogen and oxygen atoms in total. The molecule has 1 heterocycles. The van der Waals surface area contributed by atoms with Crippen LogP contribution in [0.2, 0.25) is 0 Å². The summed E-state index contributed by atoms with van der Waals surface area (Å²) in [6.45, 7) is 2.75. The molecule has 4 aromatic rings. The maximum absolute atomic E-state index is 12.3. The number of tetrazole rings is 1. The van der Waals surface area contributed by atoms with E-state index in [0.717, 1.165) is 22.4 Å². The second-order valence-electron chi connectivity index (χ2n) is 6.91. The lowest BCUT2D eigenvalue weighted by Crippen LogP contribution is -2.23. The number of benzene rings is 3. The topological polar surface area (TPSA) is 71.2 Å². The summed E-state index contributed by atoms with van der Waals surface area (Å²) in [5, 5.41) is 7.75. The number of hydrogen-bond acceptors (Lipinski definition) is 5. The van der Waals surface area contributed by atoms with Crippen molar-refractivity contribution in [1.29, 1.82) is 0 Å². The molecular weight excluding hydrogens is 380 g/mol. The summed E-state index contributed by atoms with van der Waals surface area (Å²) in [6.07, 6.45) is 0. The van der Waals surface area contributed by atoms with Crippen LogP contribution in [0.25, 0.3) is 5.69 Å². The van der Waals surface area contributed by atoms with E-state index < -0.39 is 0 Å². The van der Waals surface area contributed by atoms with Gasteiger partial charge in [0.25, 0.3) is 0 Å². The standard InChI is InChI=1S/C23H22N4O3/c1-17-8-6-13-22(27-23(28)26(2)24-25-27)21(17)16-30-20-12-7-11-19(14-20)29-15-18-9-4-3-5-10-18/h3-14H,15-16H2,1-2H3. The molecule has 1 aromatic heterocycles. The number of rotatable bonds is 7. The molecule has 0 unspecified atom stereocenters. The lowest BCUT2D eigenvalue weighted by molar-refractivity contribution is 0.289. The molecule has 0 saturated heterocycles. The van der Waals surface area contributed by atoms with Gasteiger partial charge in [-0.2, -0.15) is 9.36 Å². The third kappa shape index (κ3) is 4.25. The maximum atomic E-state index is 12.3. The van der Waals surface area contributed by atoms with E-state index in [1.807, 2.05) is 79.7 Å². The van der Waals surface area contributed by atoms with Crippen molar-refractivity contribution in [2.75, 3.05) is 0 Å². The fourth-order valence-electron chi connectivity index (χ4n) is 3.09. The average molecular weight is 402 g/mol. The molecule has 0 aliphatic carbocycles. The SMILES string of the molecule is Cc1cccc(-n2nnn(C)c2=O)c1COc1cccc(OCc2ccccc2)c1.